The summed E-state index contributed by atoms with van der Waals surface area (Å²) in [5.41, 5.74) is 1.62. The number of hydrogen-bond acceptors (Lipinski definition) is 10. The number of unbranched alkanes of at least 4 members (excludes halogenated alkanes) is 1. The normalized spacial score (nSPS) is 12.0. The first kappa shape index (κ1) is 33.6. The number of sulfone groups is 1. The van der Waals surface area contributed by atoms with Gasteiger partial charge in [-0.2, -0.15) is 0 Å². The summed E-state index contributed by atoms with van der Waals surface area (Å²) in [5, 5.41) is 9.36. The van der Waals surface area contributed by atoms with E-state index in [1.165, 1.54) is 24.5 Å². The van der Waals surface area contributed by atoms with Crippen LogP contribution < -0.4 is 0 Å². The predicted octanol–water partition coefficient (Wildman–Crippen LogP) is 3.60. The number of nitrogens with zero attached hydrogens (tertiary/aromatic N) is 2. The highest BCUT2D eigenvalue weighted by Crippen LogP contribution is 2.36. The van der Waals surface area contributed by atoms with Crippen molar-refractivity contribution < 1.29 is 46.3 Å². The van der Waals surface area contributed by atoms with Crippen LogP contribution in [-0.4, -0.2) is 72.6 Å². The molecule has 0 radical (unpaired) electrons. The number of ether oxygens (including phenoxy) is 2. The Bertz CT molecular complexity index is 1570. The molecule has 1 unspecified atom stereocenters. The molecule has 0 saturated heterocycles. The molecular weight excluding hydrogens is 607 g/mol. The maximum atomic E-state index is 14.4. The average Bonchev–Trinajstić information content (AvgIpc) is 3.21. The quantitative estimate of drug-likeness (QED) is 0.0789. The molecule has 43 heavy (non-hydrogen) atoms. The summed E-state index contributed by atoms with van der Waals surface area (Å²) in [5.74, 6) is -2.58. The number of benzene rings is 2. The second kappa shape index (κ2) is 15.0. The Morgan fingerprint density at radius 2 is 1.72 bits per heavy atom. The second-order valence-corrected chi connectivity index (χ2v) is 13.1. The summed E-state index contributed by atoms with van der Waals surface area (Å²) in [6.45, 7) is 0.984. The van der Waals surface area contributed by atoms with Crippen LogP contribution in [0.3, 0.4) is 0 Å². The first-order valence-corrected chi connectivity index (χ1v) is 16.6. The molecule has 0 saturated carbocycles. The monoisotopic (exact) mass is 638 g/mol. The number of esters is 2. The molecular formula is C28H31FN2O10S2. The maximum Gasteiger partial charge on any atom is 0.340 e. The van der Waals surface area contributed by atoms with Gasteiger partial charge in [0.15, 0.2) is 14.7 Å². The van der Waals surface area contributed by atoms with Gasteiger partial charge in [-0.05, 0) is 84.5 Å². The van der Waals surface area contributed by atoms with Gasteiger partial charge >= 0.3 is 11.9 Å². The zero-order valence-electron chi connectivity index (χ0n) is 23.7. The molecule has 1 heterocycles. The van der Waals surface area contributed by atoms with Gasteiger partial charge in [-0.1, -0.05) is 6.07 Å². The van der Waals surface area contributed by atoms with Crippen molar-refractivity contribution in [1.29, 1.82) is 0 Å². The van der Waals surface area contributed by atoms with Crippen LogP contribution in [0.25, 0.3) is 16.9 Å². The molecule has 232 valence electrons. The fourth-order valence-electron chi connectivity index (χ4n) is 4.27. The van der Waals surface area contributed by atoms with E-state index in [4.69, 9.17) is 9.47 Å². The first-order chi connectivity index (χ1) is 20.3. The van der Waals surface area contributed by atoms with E-state index < -0.39 is 56.2 Å². The van der Waals surface area contributed by atoms with Crippen LogP contribution in [0.5, 0.6) is 0 Å². The van der Waals surface area contributed by atoms with Gasteiger partial charge in [0.1, 0.15) is 18.7 Å². The van der Waals surface area contributed by atoms with Crippen molar-refractivity contribution in [2.75, 3.05) is 38.1 Å². The van der Waals surface area contributed by atoms with Gasteiger partial charge in [-0.15, -0.1) is 10.1 Å². The molecule has 0 amide bonds. The summed E-state index contributed by atoms with van der Waals surface area (Å²) in [6, 6.07) is 12.1. The van der Waals surface area contributed by atoms with E-state index in [2.05, 4.69) is 4.84 Å². The van der Waals surface area contributed by atoms with Gasteiger partial charge < -0.3 is 23.4 Å². The molecule has 0 spiro atoms. The molecule has 3 aromatic rings. The topological polar surface area (TPSA) is 167 Å². The molecule has 0 N–H and O–H groups in total. The van der Waals surface area contributed by atoms with E-state index in [9.17, 15) is 37.1 Å². The van der Waals surface area contributed by atoms with Gasteiger partial charge in [0, 0.05) is 17.6 Å². The van der Waals surface area contributed by atoms with Gasteiger partial charge in [0.25, 0.3) is 5.09 Å². The van der Waals surface area contributed by atoms with Crippen molar-refractivity contribution in [3.8, 4) is 16.9 Å². The van der Waals surface area contributed by atoms with E-state index in [-0.39, 0.29) is 42.9 Å². The molecule has 15 heteroatoms. The lowest BCUT2D eigenvalue weighted by molar-refractivity contribution is -0.757. The second-order valence-electron chi connectivity index (χ2n) is 9.51. The largest absolute Gasteiger partial charge is 0.612 e. The summed E-state index contributed by atoms with van der Waals surface area (Å²) in [7, 11) is -3.45. The Morgan fingerprint density at radius 3 is 2.33 bits per heavy atom. The SMILES string of the molecule is Cc1c(CC(=O)OCCCCO[N+](=O)[O-])c(C(=O)OCCS(C)(=O)=O)c(-c2ccc([S+](C)[O-])cc2)n1-c1cccc(F)c1. The number of carbonyl (C=O) groups excluding carboxylic acids is 2. The van der Waals surface area contributed by atoms with Crippen LogP contribution in [0.2, 0.25) is 0 Å². The van der Waals surface area contributed by atoms with Gasteiger partial charge in [0.05, 0.1) is 36.6 Å². The number of halogens is 1. The van der Waals surface area contributed by atoms with Crippen molar-refractivity contribution in [2.45, 2.75) is 31.1 Å². The van der Waals surface area contributed by atoms with E-state index in [0.717, 1.165) is 6.26 Å². The molecule has 0 aliphatic carbocycles. The Labute approximate surface area is 251 Å². The molecule has 1 atom stereocenters. The predicted molar refractivity (Wildman–Crippen MR) is 155 cm³/mol. The molecule has 12 nitrogen and oxygen atoms in total. The third-order valence-electron chi connectivity index (χ3n) is 6.27. The van der Waals surface area contributed by atoms with Crippen molar-refractivity contribution in [3.63, 3.8) is 0 Å². The van der Waals surface area contributed by atoms with Gasteiger partial charge in [-0.25, -0.2) is 17.6 Å². The zero-order valence-corrected chi connectivity index (χ0v) is 25.4. The Kier molecular flexibility index (Phi) is 11.7. The van der Waals surface area contributed by atoms with Crippen molar-refractivity contribution in [3.05, 3.63) is 81.3 Å². The van der Waals surface area contributed by atoms with Crippen molar-refractivity contribution >= 4 is 33.0 Å². The maximum absolute atomic E-state index is 14.4. The summed E-state index contributed by atoms with van der Waals surface area (Å²) < 4.78 is 61.9. The summed E-state index contributed by atoms with van der Waals surface area (Å²) >= 11 is -1.29. The van der Waals surface area contributed by atoms with Crippen molar-refractivity contribution in [2.24, 2.45) is 0 Å². The van der Waals surface area contributed by atoms with Gasteiger partial charge in [-0.3, -0.25) is 4.79 Å². The third-order valence-corrected chi connectivity index (χ3v) is 8.12. The van der Waals surface area contributed by atoms with Crippen LogP contribution >= 0.6 is 0 Å². The summed E-state index contributed by atoms with van der Waals surface area (Å²) in [4.78, 5) is 41.5. The molecule has 1 aromatic heterocycles. The van der Waals surface area contributed by atoms with Crippen LogP contribution in [0.15, 0.2) is 53.4 Å². The average molecular weight is 639 g/mol. The minimum atomic E-state index is -3.45. The third kappa shape index (κ3) is 9.53. The van der Waals surface area contributed by atoms with Crippen LogP contribution in [0.1, 0.15) is 34.5 Å². The lowest BCUT2D eigenvalue weighted by Gasteiger charge is -2.14. The minimum absolute atomic E-state index is 0.0445. The van der Waals surface area contributed by atoms with Crippen LogP contribution in [0.4, 0.5) is 4.39 Å². The van der Waals surface area contributed by atoms with E-state index in [0.29, 0.717) is 28.3 Å². The Balaban J connectivity index is 2.08. The summed E-state index contributed by atoms with van der Waals surface area (Å²) in [6.07, 6.45) is 2.68. The highest BCUT2D eigenvalue weighted by atomic mass is 32.2. The van der Waals surface area contributed by atoms with Crippen LogP contribution in [-0.2, 0) is 46.5 Å². The van der Waals surface area contributed by atoms with E-state index in [1.54, 1.807) is 41.8 Å². The highest BCUT2D eigenvalue weighted by Gasteiger charge is 2.30. The minimum Gasteiger partial charge on any atom is -0.612 e. The van der Waals surface area contributed by atoms with Gasteiger partial charge in [0.2, 0.25) is 0 Å². The van der Waals surface area contributed by atoms with Crippen LogP contribution in [0, 0.1) is 22.9 Å². The van der Waals surface area contributed by atoms with E-state index >= 15 is 0 Å². The fourth-order valence-corrected chi connectivity index (χ4v) is 5.18. The lowest BCUT2D eigenvalue weighted by Crippen LogP contribution is -2.17. The number of carbonyl (C=O) groups is 2. The first-order valence-electron chi connectivity index (χ1n) is 13.0. The Hall–Kier alpha value is -3.95. The number of aromatic nitrogens is 1. The molecule has 0 aliphatic rings. The van der Waals surface area contributed by atoms with E-state index in [1.807, 2.05) is 0 Å². The molecule has 0 bridgehead atoms. The van der Waals surface area contributed by atoms with Crippen molar-refractivity contribution in [1.82, 2.24) is 4.57 Å². The fraction of sp³-hybridized carbons (Fsp3) is 0.357. The molecule has 0 aliphatic heterocycles. The lowest BCUT2D eigenvalue weighted by atomic mass is 10.0. The molecule has 2 aromatic carbocycles. The number of rotatable bonds is 15. The Morgan fingerprint density at radius 1 is 1.05 bits per heavy atom. The molecule has 0 fully saturated rings. The zero-order chi connectivity index (χ0) is 31.7. The number of hydrogen-bond donors (Lipinski definition) is 0. The standard InChI is InChI=1S/C28H31FN2O10S2/c1-19-24(18-25(32)39-13-4-5-14-41-31(34)35)26(28(33)40-15-16-43(3,37)38)27(20-9-11-23(12-10-20)42(2)36)30(19)22-8-6-7-21(29)17-22/h6-12,17H,4-5,13-16,18H2,1-3H3. The highest BCUT2D eigenvalue weighted by molar-refractivity contribution is 7.91. The smallest absolute Gasteiger partial charge is 0.340 e. The molecule has 3 rings (SSSR count).